The Bertz CT molecular complexity index is 346. The number of hydrogen-bond acceptors (Lipinski definition) is 1. The summed E-state index contributed by atoms with van der Waals surface area (Å²) in [6.07, 6.45) is 9.98. The lowest BCUT2D eigenvalue weighted by molar-refractivity contribution is 0.359. The fourth-order valence-corrected chi connectivity index (χ4v) is 3.32. The van der Waals surface area contributed by atoms with Gasteiger partial charge in [-0.15, -0.1) is 0 Å². The summed E-state index contributed by atoms with van der Waals surface area (Å²) < 4.78 is 0. The Hall–Kier alpha value is -0.820. The van der Waals surface area contributed by atoms with Gasteiger partial charge < -0.3 is 5.32 Å². The maximum atomic E-state index is 3.69. The zero-order valence-electron chi connectivity index (χ0n) is 12.6. The van der Waals surface area contributed by atoms with Crippen molar-refractivity contribution >= 4 is 0 Å². The van der Waals surface area contributed by atoms with Crippen molar-refractivity contribution in [2.75, 3.05) is 6.54 Å². The van der Waals surface area contributed by atoms with Crippen LogP contribution in [0.2, 0.25) is 0 Å². The van der Waals surface area contributed by atoms with Crippen LogP contribution in [0.3, 0.4) is 0 Å². The molecule has 0 aliphatic heterocycles. The zero-order valence-corrected chi connectivity index (χ0v) is 12.6. The number of hydrogen-bond donors (Lipinski definition) is 1. The third-order valence-electron chi connectivity index (χ3n) is 4.47. The Morgan fingerprint density at radius 2 is 1.68 bits per heavy atom. The van der Waals surface area contributed by atoms with Crippen molar-refractivity contribution in [2.24, 2.45) is 5.92 Å². The SMILES string of the molecule is CCNC(CC1CCCCCC1)c1ccc(C)cc1. The smallest absolute Gasteiger partial charge is 0.0322 e. The van der Waals surface area contributed by atoms with Crippen molar-refractivity contribution in [3.63, 3.8) is 0 Å². The van der Waals surface area contributed by atoms with Gasteiger partial charge in [0.05, 0.1) is 0 Å². The lowest BCUT2D eigenvalue weighted by Gasteiger charge is -2.24. The van der Waals surface area contributed by atoms with Gasteiger partial charge >= 0.3 is 0 Å². The molecule has 0 aromatic heterocycles. The molecule has 1 unspecified atom stereocenters. The quantitative estimate of drug-likeness (QED) is 0.733. The van der Waals surface area contributed by atoms with E-state index >= 15 is 0 Å². The molecule has 2 rings (SSSR count). The first-order chi connectivity index (χ1) is 9.29. The van der Waals surface area contributed by atoms with Crippen LogP contribution in [0.25, 0.3) is 0 Å². The van der Waals surface area contributed by atoms with Gasteiger partial charge in [0.1, 0.15) is 0 Å². The van der Waals surface area contributed by atoms with Crippen LogP contribution in [-0.2, 0) is 0 Å². The number of rotatable bonds is 5. The molecule has 1 aliphatic rings. The highest BCUT2D eigenvalue weighted by Gasteiger charge is 2.18. The van der Waals surface area contributed by atoms with E-state index in [1.54, 1.807) is 0 Å². The highest BCUT2D eigenvalue weighted by atomic mass is 14.9. The molecule has 1 N–H and O–H groups in total. The van der Waals surface area contributed by atoms with Crippen LogP contribution in [0.4, 0.5) is 0 Å². The summed E-state index contributed by atoms with van der Waals surface area (Å²) in [5.41, 5.74) is 2.82. The number of aryl methyl sites for hydroxylation is 1. The summed E-state index contributed by atoms with van der Waals surface area (Å²) in [4.78, 5) is 0. The normalized spacial score (nSPS) is 19.1. The van der Waals surface area contributed by atoms with E-state index in [-0.39, 0.29) is 0 Å². The van der Waals surface area contributed by atoms with Gasteiger partial charge in [0, 0.05) is 6.04 Å². The maximum absolute atomic E-state index is 3.69. The average molecular weight is 259 g/mol. The monoisotopic (exact) mass is 259 g/mol. The van der Waals surface area contributed by atoms with Crippen molar-refractivity contribution in [3.8, 4) is 0 Å². The molecule has 19 heavy (non-hydrogen) atoms. The molecule has 1 aromatic rings. The largest absolute Gasteiger partial charge is 0.310 e. The van der Waals surface area contributed by atoms with Gasteiger partial charge in [-0.2, -0.15) is 0 Å². The van der Waals surface area contributed by atoms with Crippen molar-refractivity contribution in [2.45, 2.75) is 64.8 Å². The molecule has 1 heteroatoms. The van der Waals surface area contributed by atoms with E-state index in [9.17, 15) is 0 Å². The van der Waals surface area contributed by atoms with E-state index < -0.39 is 0 Å². The van der Waals surface area contributed by atoms with E-state index in [4.69, 9.17) is 0 Å². The third kappa shape index (κ3) is 4.65. The molecule has 0 radical (unpaired) electrons. The molecule has 1 nitrogen and oxygen atoms in total. The minimum absolute atomic E-state index is 0.550. The summed E-state index contributed by atoms with van der Waals surface area (Å²) in [5.74, 6) is 0.924. The molecule has 0 bridgehead atoms. The highest BCUT2D eigenvalue weighted by Crippen LogP contribution is 2.31. The fourth-order valence-electron chi connectivity index (χ4n) is 3.32. The van der Waals surface area contributed by atoms with Crippen molar-refractivity contribution in [1.29, 1.82) is 0 Å². The maximum Gasteiger partial charge on any atom is 0.0322 e. The molecule has 0 spiro atoms. The van der Waals surface area contributed by atoms with Gasteiger partial charge in [-0.1, -0.05) is 75.3 Å². The Morgan fingerprint density at radius 3 is 2.26 bits per heavy atom. The van der Waals surface area contributed by atoms with E-state index in [0.717, 1.165) is 12.5 Å². The van der Waals surface area contributed by atoms with Crippen LogP contribution in [-0.4, -0.2) is 6.54 Å². The van der Waals surface area contributed by atoms with Gasteiger partial charge in [0.25, 0.3) is 0 Å². The minimum Gasteiger partial charge on any atom is -0.310 e. The standard InChI is InChI=1S/C18H29N/c1-3-19-18(17-12-10-15(2)11-13-17)14-16-8-6-4-5-7-9-16/h10-13,16,18-19H,3-9,14H2,1-2H3. The Morgan fingerprint density at radius 1 is 1.05 bits per heavy atom. The van der Waals surface area contributed by atoms with Crippen LogP contribution in [0, 0.1) is 12.8 Å². The number of nitrogens with one attached hydrogen (secondary N) is 1. The molecule has 1 saturated carbocycles. The molecule has 0 amide bonds. The summed E-state index contributed by atoms with van der Waals surface area (Å²) in [5, 5.41) is 3.69. The molecular weight excluding hydrogens is 230 g/mol. The first-order valence-electron chi connectivity index (χ1n) is 8.09. The lowest BCUT2D eigenvalue weighted by atomic mass is 9.89. The van der Waals surface area contributed by atoms with E-state index in [1.165, 1.54) is 56.1 Å². The summed E-state index contributed by atoms with van der Waals surface area (Å²) in [6.45, 7) is 5.44. The predicted molar refractivity (Wildman–Crippen MR) is 83.4 cm³/mol. The second-order valence-electron chi connectivity index (χ2n) is 6.11. The van der Waals surface area contributed by atoms with Crippen LogP contribution >= 0.6 is 0 Å². The summed E-state index contributed by atoms with van der Waals surface area (Å²) in [7, 11) is 0. The number of benzene rings is 1. The minimum atomic E-state index is 0.550. The molecule has 1 aromatic carbocycles. The molecule has 1 aliphatic carbocycles. The lowest BCUT2D eigenvalue weighted by Crippen LogP contribution is -2.23. The van der Waals surface area contributed by atoms with Crippen LogP contribution < -0.4 is 5.32 Å². The second-order valence-corrected chi connectivity index (χ2v) is 6.11. The van der Waals surface area contributed by atoms with Gasteiger partial charge in [-0.25, -0.2) is 0 Å². The first-order valence-corrected chi connectivity index (χ1v) is 8.09. The van der Waals surface area contributed by atoms with E-state index in [0.29, 0.717) is 6.04 Å². The van der Waals surface area contributed by atoms with Crippen LogP contribution in [0.1, 0.15) is 69.0 Å². The van der Waals surface area contributed by atoms with Gasteiger partial charge in [0.2, 0.25) is 0 Å². The van der Waals surface area contributed by atoms with Crippen LogP contribution in [0.5, 0.6) is 0 Å². The van der Waals surface area contributed by atoms with E-state index in [2.05, 4.69) is 43.4 Å². The zero-order chi connectivity index (χ0) is 13.5. The van der Waals surface area contributed by atoms with Crippen molar-refractivity contribution in [3.05, 3.63) is 35.4 Å². The first kappa shape index (κ1) is 14.6. The molecule has 0 heterocycles. The third-order valence-corrected chi connectivity index (χ3v) is 4.47. The van der Waals surface area contributed by atoms with Crippen molar-refractivity contribution < 1.29 is 0 Å². The van der Waals surface area contributed by atoms with E-state index in [1.807, 2.05) is 0 Å². The Labute approximate surface area is 118 Å². The average Bonchev–Trinajstić information content (AvgIpc) is 2.68. The second kappa shape index (κ2) is 7.69. The van der Waals surface area contributed by atoms with Gasteiger partial charge in [-0.05, 0) is 31.4 Å². The summed E-state index contributed by atoms with van der Waals surface area (Å²) >= 11 is 0. The van der Waals surface area contributed by atoms with Gasteiger partial charge in [0.15, 0.2) is 0 Å². The van der Waals surface area contributed by atoms with Crippen molar-refractivity contribution in [1.82, 2.24) is 5.32 Å². The van der Waals surface area contributed by atoms with Gasteiger partial charge in [-0.3, -0.25) is 0 Å². The molecule has 106 valence electrons. The Kier molecular flexibility index (Phi) is 5.91. The van der Waals surface area contributed by atoms with Crippen LogP contribution in [0.15, 0.2) is 24.3 Å². The molecule has 1 atom stereocenters. The topological polar surface area (TPSA) is 12.0 Å². The highest BCUT2D eigenvalue weighted by molar-refractivity contribution is 5.24. The molecule has 0 saturated heterocycles. The Balaban J connectivity index is 2.00. The summed E-state index contributed by atoms with van der Waals surface area (Å²) in [6, 6.07) is 9.65. The molecule has 1 fully saturated rings. The molecular formula is C18H29N. The fraction of sp³-hybridized carbons (Fsp3) is 0.667. The predicted octanol–water partition coefficient (Wildman–Crippen LogP) is 5.01.